The largest absolute Gasteiger partial charge is 0.260 e. The Balaban J connectivity index is 0.00000256. The van der Waals surface area contributed by atoms with Gasteiger partial charge in [0.15, 0.2) is 0 Å². The molecule has 0 saturated carbocycles. The average Bonchev–Trinajstić information content (AvgIpc) is 2.62. The van der Waals surface area contributed by atoms with Crippen molar-refractivity contribution in [3.63, 3.8) is 0 Å². The molecule has 0 aromatic heterocycles. The van der Waals surface area contributed by atoms with E-state index in [9.17, 15) is 4.39 Å². The number of unbranched alkanes of at least 4 members (excludes halogenated alkanes) is 4. The molecule has 4 heteroatoms. The van der Waals surface area contributed by atoms with E-state index in [2.05, 4.69) is 13.8 Å². The molecule has 0 radical (unpaired) electrons. The van der Waals surface area contributed by atoms with Crippen molar-refractivity contribution in [2.24, 2.45) is 0 Å². The van der Waals surface area contributed by atoms with Crippen LogP contribution in [0.15, 0.2) is 0 Å². The third kappa shape index (κ3) is 6.34. The Kier molecular flexibility index (Phi) is 10.9. The summed E-state index contributed by atoms with van der Waals surface area (Å²) in [5.74, 6) is 0. The lowest BCUT2D eigenvalue weighted by atomic mass is 10.2. The SMILES string of the molecule is CCCCCN1CCN(CCCCC)C1F.I. The van der Waals surface area contributed by atoms with Crippen LogP contribution in [-0.2, 0) is 0 Å². The molecule has 0 atom stereocenters. The van der Waals surface area contributed by atoms with Gasteiger partial charge in [0.25, 0.3) is 0 Å². The highest BCUT2D eigenvalue weighted by atomic mass is 127. The van der Waals surface area contributed by atoms with Crippen LogP contribution in [-0.4, -0.2) is 42.4 Å². The number of alkyl halides is 1. The van der Waals surface area contributed by atoms with Crippen molar-refractivity contribution in [3.05, 3.63) is 0 Å². The van der Waals surface area contributed by atoms with Gasteiger partial charge in [0, 0.05) is 26.2 Å². The maximum absolute atomic E-state index is 14.0. The molecule has 0 aromatic carbocycles. The van der Waals surface area contributed by atoms with Crippen LogP contribution in [0.1, 0.15) is 52.4 Å². The van der Waals surface area contributed by atoms with Crippen LogP contribution in [0.4, 0.5) is 4.39 Å². The van der Waals surface area contributed by atoms with E-state index in [1.165, 1.54) is 25.7 Å². The molecule has 0 bridgehead atoms. The number of nitrogens with zero attached hydrogens (tertiary/aromatic N) is 2. The molecule has 0 amide bonds. The first-order valence-electron chi connectivity index (χ1n) is 6.91. The minimum absolute atomic E-state index is 0. The van der Waals surface area contributed by atoms with E-state index >= 15 is 0 Å². The summed E-state index contributed by atoms with van der Waals surface area (Å²) in [7, 11) is 0. The Bertz CT molecular complexity index is 163. The van der Waals surface area contributed by atoms with E-state index in [0.29, 0.717) is 0 Å². The lowest BCUT2D eigenvalue weighted by Gasteiger charge is -2.23. The zero-order valence-corrected chi connectivity index (χ0v) is 13.7. The van der Waals surface area contributed by atoms with Gasteiger partial charge in [-0.3, -0.25) is 9.80 Å². The summed E-state index contributed by atoms with van der Waals surface area (Å²) in [6, 6.07) is 0. The van der Waals surface area contributed by atoms with Crippen LogP contribution in [0.5, 0.6) is 0 Å². The van der Waals surface area contributed by atoms with Crippen molar-refractivity contribution in [2.45, 2.75) is 58.8 Å². The van der Waals surface area contributed by atoms with Crippen molar-refractivity contribution >= 4 is 24.0 Å². The summed E-state index contributed by atoms with van der Waals surface area (Å²) in [5.41, 5.74) is 0. The predicted molar refractivity (Wildman–Crippen MR) is 82.5 cm³/mol. The van der Waals surface area contributed by atoms with Gasteiger partial charge in [0.1, 0.15) is 0 Å². The van der Waals surface area contributed by atoms with E-state index in [1.54, 1.807) is 0 Å². The van der Waals surface area contributed by atoms with Gasteiger partial charge < -0.3 is 0 Å². The molecule has 1 aliphatic heterocycles. The highest BCUT2D eigenvalue weighted by molar-refractivity contribution is 14.0. The Morgan fingerprint density at radius 3 is 1.65 bits per heavy atom. The van der Waals surface area contributed by atoms with Gasteiger partial charge in [-0.1, -0.05) is 39.5 Å². The Hall–Kier alpha value is 0.580. The van der Waals surface area contributed by atoms with E-state index < -0.39 is 6.42 Å². The molecule has 0 spiro atoms. The van der Waals surface area contributed by atoms with E-state index in [-0.39, 0.29) is 24.0 Å². The maximum atomic E-state index is 14.0. The molecule has 0 unspecified atom stereocenters. The summed E-state index contributed by atoms with van der Waals surface area (Å²) in [6.45, 7) is 8.06. The van der Waals surface area contributed by atoms with Gasteiger partial charge in [-0.2, -0.15) is 0 Å². The first-order valence-corrected chi connectivity index (χ1v) is 6.91. The molecule has 2 nitrogen and oxygen atoms in total. The molecule has 0 aliphatic carbocycles. The van der Waals surface area contributed by atoms with E-state index in [4.69, 9.17) is 0 Å². The molecule has 1 rings (SSSR count). The van der Waals surface area contributed by atoms with Crippen molar-refractivity contribution in [3.8, 4) is 0 Å². The summed E-state index contributed by atoms with van der Waals surface area (Å²) < 4.78 is 14.0. The molecule has 0 N–H and O–H groups in total. The second-order valence-electron chi connectivity index (χ2n) is 4.80. The van der Waals surface area contributed by atoms with E-state index in [0.717, 1.165) is 39.0 Å². The highest BCUT2D eigenvalue weighted by Gasteiger charge is 2.30. The van der Waals surface area contributed by atoms with Crippen LogP contribution >= 0.6 is 24.0 Å². The molecular formula is C13H28FIN2. The molecule has 1 heterocycles. The highest BCUT2D eigenvalue weighted by Crippen LogP contribution is 2.17. The normalized spacial score (nSPS) is 18.5. The van der Waals surface area contributed by atoms with Crippen LogP contribution in [0, 0.1) is 0 Å². The average molecular weight is 358 g/mol. The zero-order valence-electron chi connectivity index (χ0n) is 11.3. The van der Waals surface area contributed by atoms with Gasteiger partial charge >= 0.3 is 0 Å². The molecule has 1 aliphatic rings. The van der Waals surface area contributed by atoms with Crippen LogP contribution in [0.25, 0.3) is 0 Å². The van der Waals surface area contributed by atoms with Crippen molar-refractivity contribution in [1.29, 1.82) is 0 Å². The molecular weight excluding hydrogens is 330 g/mol. The van der Waals surface area contributed by atoms with Crippen LogP contribution < -0.4 is 0 Å². The molecule has 0 aromatic rings. The summed E-state index contributed by atoms with van der Waals surface area (Å²) in [6.07, 6.45) is 6.34. The second kappa shape index (κ2) is 10.5. The predicted octanol–water partition coefficient (Wildman–Crippen LogP) is 3.86. The van der Waals surface area contributed by atoms with Crippen molar-refractivity contribution in [1.82, 2.24) is 9.80 Å². The quantitative estimate of drug-likeness (QED) is 0.369. The standard InChI is InChI=1S/C13H27FN2.HI/c1-3-5-7-9-15-11-12-16(13(15)14)10-8-6-4-2;/h13H,3-12H2,1-2H3;1H. The Labute approximate surface area is 123 Å². The topological polar surface area (TPSA) is 6.48 Å². The minimum Gasteiger partial charge on any atom is -0.260 e. The third-order valence-electron chi connectivity index (χ3n) is 3.37. The van der Waals surface area contributed by atoms with Gasteiger partial charge in [-0.05, 0) is 12.8 Å². The molecule has 17 heavy (non-hydrogen) atoms. The first-order chi connectivity index (χ1) is 7.79. The lowest BCUT2D eigenvalue weighted by Crippen LogP contribution is -2.36. The monoisotopic (exact) mass is 358 g/mol. The molecule has 104 valence electrons. The van der Waals surface area contributed by atoms with Crippen LogP contribution in [0.3, 0.4) is 0 Å². The fourth-order valence-corrected chi connectivity index (χ4v) is 2.27. The number of hydrogen-bond acceptors (Lipinski definition) is 2. The Morgan fingerprint density at radius 1 is 0.882 bits per heavy atom. The van der Waals surface area contributed by atoms with E-state index in [1.807, 2.05) is 9.80 Å². The van der Waals surface area contributed by atoms with Gasteiger partial charge in [0.2, 0.25) is 6.42 Å². The fraction of sp³-hybridized carbons (Fsp3) is 1.00. The van der Waals surface area contributed by atoms with Gasteiger partial charge in [-0.25, -0.2) is 4.39 Å². The van der Waals surface area contributed by atoms with Crippen molar-refractivity contribution in [2.75, 3.05) is 26.2 Å². The van der Waals surface area contributed by atoms with Gasteiger partial charge in [-0.15, -0.1) is 24.0 Å². The third-order valence-corrected chi connectivity index (χ3v) is 3.37. The number of rotatable bonds is 8. The number of halogens is 2. The number of hydrogen-bond donors (Lipinski definition) is 0. The molecule has 1 saturated heterocycles. The minimum atomic E-state index is -0.811. The first kappa shape index (κ1) is 17.6. The lowest BCUT2D eigenvalue weighted by molar-refractivity contribution is 0.0156. The van der Waals surface area contributed by atoms with Gasteiger partial charge in [0.05, 0.1) is 0 Å². The zero-order chi connectivity index (χ0) is 11.8. The Morgan fingerprint density at radius 2 is 1.29 bits per heavy atom. The smallest absolute Gasteiger partial charge is 0.210 e. The fourth-order valence-electron chi connectivity index (χ4n) is 2.27. The second-order valence-corrected chi connectivity index (χ2v) is 4.80. The summed E-state index contributed by atoms with van der Waals surface area (Å²) in [4.78, 5) is 3.98. The summed E-state index contributed by atoms with van der Waals surface area (Å²) >= 11 is 0. The summed E-state index contributed by atoms with van der Waals surface area (Å²) in [5, 5.41) is 0. The van der Waals surface area contributed by atoms with Crippen molar-refractivity contribution < 1.29 is 4.39 Å². The maximum Gasteiger partial charge on any atom is 0.210 e. The van der Waals surface area contributed by atoms with Crippen LogP contribution in [0.2, 0.25) is 0 Å². The molecule has 1 fully saturated rings.